The van der Waals surface area contributed by atoms with Gasteiger partial charge in [0.1, 0.15) is 5.75 Å². The lowest BCUT2D eigenvalue weighted by Gasteiger charge is -2.17. The van der Waals surface area contributed by atoms with Gasteiger partial charge in [0.25, 0.3) is 0 Å². The van der Waals surface area contributed by atoms with E-state index in [1.165, 1.54) is 25.9 Å². The van der Waals surface area contributed by atoms with Crippen LogP contribution in [0.5, 0.6) is 5.75 Å². The fraction of sp³-hybridized carbons (Fsp3) is 0.682. The Labute approximate surface area is 170 Å². The van der Waals surface area contributed by atoms with Crippen LogP contribution in [0.4, 0.5) is 0 Å². The molecule has 1 aliphatic rings. The van der Waals surface area contributed by atoms with Crippen molar-refractivity contribution in [2.24, 2.45) is 10.9 Å². The molecule has 3 N–H and O–H groups in total. The Hall–Kier alpha value is -1.79. The van der Waals surface area contributed by atoms with Crippen LogP contribution in [0.1, 0.15) is 52.2 Å². The monoisotopic (exact) mass is 390 g/mol. The van der Waals surface area contributed by atoms with Crippen LogP contribution in [-0.2, 0) is 0 Å². The van der Waals surface area contributed by atoms with Gasteiger partial charge >= 0.3 is 0 Å². The average molecular weight is 391 g/mol. The minimum Gasteiger partial charge on any atom is -0.491 e. The van der Waals surface area contributed by atoms with E-state index < -0.39 is 6.10 Å². The van der Waals surface area contributed by atoms with Crippen LogP contribution in [0.25, 0.3) is 0 Å². The Morgan fingerprint density at radius 1 is 1.25 bits per heavy atom. The van der Waals surface area contributed by atoms with E-state index >= 15 is 0 Å². The number of hydrogen-bond donors (Lipinski definition) is 3. The van der Waals surface area contributed by atoms with Gasteiger partial charge < -0.3 is 25.4 Å². The number of guanidine groups is 1. The first-order valence-electron chi connectivity index (χ1n) is 10.7. The largest absolute Gasteiger partial charge is 0.491 e. The maximum atomic E-state index is 10.5. The topological polar surface area (TPSA) is 69.1 Å². The fourth-order valence-corrected chi connectivity index (χ4v) is 3.51. The Morgan fingerprint density at radius 3 is 2.64 bits per heavy atom. The summed E-state index contributed by atoms with van der Waals surface area (Å²) in [6.45, 7) is 13.9. The van der Waals surface area contributed by atoms with E-state index in [4.69, 9.17) is 4.74 Å². The minimum absolute atomic E-state index is 0.142. The third kappa shape index (κ3) is 7.68. The second-order valence-corrected chi connectivity index (χ2v) is 7.81. The molecule has 6 nitrogen and oxygen atoms in total. The minimum atomic E-state index is -0.630. The molecule has 28 heavy (non-hydrogen) atoms. The summed E-state index contributed by atoms with van der Waals surface area (Å²) in [4.78, 5) is 7.11. The molecule has 0 radical (unpaired) electrons. The SMILES string of the molecule is CCCN1CCC(CNC(=NCC(O)c2ccc(OC(C)C)cc2)NCC)C1. The smallest absolute Gasteiger partial charge is 0.191 e. The molecule has 6 heteroatoms. The molecule has 1 heterocycles. The average Bonchev–Trinajstić information content (AvgIpc) is 3.11. The van der Waals surface area contributed by atoms with Gasteiger partial charge in [-0.05, 0) is 70.3 Å². The van der Waals surface area contributed by atoms with Crippen LogP contribution in [0.15, 0.2) is 29.3 Å². The summed E-state index contributed by atoms with van der Waals surface area (Å²) >= 11 is 0. The number of aliphatic hydroxyl groups is 1. The predicted octanol–water partition coefficient (Wildman–Crippen LogP) is 2.79. The van der Waals surface area contributed by atoms with Crippen molar-refractivity contribution in [2.45, 2.75) is 52.7 Å². The van der Waals surface area contributed by atoms with Gasteiger partial charge in [-0.2, -0.15) is 0 Å². The van der Waals surface area contributed by atoms with Gasteiger partial charge in [-0.1, -0.05) is 19.1 Å². The molecule has 2 atom stereocenters. The highest BCUT2D eigenvalue weighted by Crippen LogP contribution is 2.19. The summed E-state index contributed by atoms with van der Waals surface area (Å²) in [6, 6.07) is 7.60. The highest BCUT2D eigenvalue weighted by atomic mass is 16.5. The van der Waals surface area contributed by atoms with Gasteiger partial charge in [0.05, 0.1) is 18.8 Å². The third-order valence-electron chi connectivity index (χ3n) is 4.87. The van der Waals surface area contributed by atoms with Crippen LogP contribution < -0.4 is 15.4 Å². The second-order valence-electron chi connectivity index (χ2n) is 7.81. The molecule has 0 bridgehead atoms. The molecule has 0 aliphatic carbocycles. The third-order valence-corrected chi connectivity index (χ3v) is 4.87. The van der Waals surface area contributed by atoms with Gasteiger partial charge in [-0.15, -0.1) is 0 Å². The molecule has 1 aromatic carbocycles. The van der Waals surface area contributed by atoms with Crippen molar-refractivity contribution in [3.05, 3.63) is 29.8 Å². The standard InChI is InChI=1S/C22H38N4O2/c1-5-12-26-13-11-18(16-26)14-24-22(23-6-2)25-15-21(27)19-7-9-20(10-8-19)28-17(3)4/h7-10,17-18,21,27H,5-6,11-16H2,1-4H3,(H2,23,24,25). The number of benzene rings is 1. The Morgan fingerprint density at radius 2 is 2.00 bits per heavy atom. The lowest BCUT2D eigenvalue weighted by atomic mass is 10.1. The molecule has 0 amide bonds. The number of likely N-dealkylation sites (tertiary alicyclic amines) is 1. The number of ether oxygens (including phenoxy) is 1. The van der Waals surface area contributed by atoms with Crippen LogP contribution in [0.3, 0.4) is 0 Å². The van der Waals surface area contributed by atoms with E-state index in [9.17, 15) is 5.11 Å². The van der Waals surface area contributed by atoms with Crippen molar-refractivity contribution >= 4 is 5.96 Å². The summed E-state index contributed by atoms with van der Waals surface area (Å²) in [7, 11) is 0. The molecule has 158 valence electrons. The molecule has 1 aromatic rings. The molecule has 0 aromatic heterocycles. The molecule has 1 fully saturated rings. The number of nitrogens with one attached hydrogen (secondary N) is 2. The van der Waals surface area contributed by atoms with Crippen molar-refractivity contribution in [3.63, 3.8) is 0 Å². The number of aliphatic hydroxyl groups excluding tert-OH is 1. The Balaban J connectivity index is 1.83. The molecule has 0 spiro atoms. The van der Waals surface area contributed by atoms with Crippen molar-refractivity contribution in [1.82, 2.24) is 15.5 Å². The number of nitrogens with zero attached hydrogens (tertiary/aromatic N) is 2. The zero-order valence-electron chi connectivity index (χ0n) is 17.9. The lowest BCUT2D eigenvalue weighted by Crippen LogP contribution is -2.40. The Kier molecular flexibility index (Phi) is 9.58. The van der Waals surface area contributed by atoms with Gasteiger partial charge in [0.15, 0.2) is 5.96 Å². The lowest BCUT2D eigenvalue weighted by molar-refractivity contribution is 0.186. The van der Waals surface area contributed by atoms with Crippen LogP contribution in [0, 0.1) is 5.92 Å². The normalized spacial score (nSPS) is 19.1. The summed E-state index contributed by atoms with van der Waals surface area (Å²) < 4.78 is 5.65. The first kappa shape index (κ1) is 22.5. The molecule has 1 saturated heterocycles. The van der Waals surface area contributed by atoms with Crippen LogP contribution >= 0.6 is 0 Å². The first-order chi connectivity index (χ1) is 13.5. The van der Waals surface area contributed by atoms with Gasteiger partial charge in [0, 0.05) is 19.6 Å². The predicted molar refractivity (Wildman–Crippen MR) is 116 cm³/mol. The van der Waals surface area contributed by atoms with Crippen molar-refractivity contribution in [2.75, 3.05) is 39.3 Å². The number of hydrogen-bond acceptors (Lipinski definition) is 4. The van der Waals surface area contributed by atoms with E-state index in [0.717, 1.165) is 36.9 Å². The zero-order chi connectivity index (χ0) is 20.4. The summed E-state index contributed by atoms with van der Waals surface area (Å²) in [5.74, 6) is 2.25. The first-order valence-corrected chi connectivity index (χ1v) is 10.7. The summed E-state index contributed by atoms with van der Waals surface area (Å²) in [5.41, 5.74) is 0.849. The van der Waals surface area contributed by atoms with Crippen molar-refractivity contribution < 1.29 is 9.84 Å². The van der Waals surface area contributed by atoms with Gasteiger partial charge in [-0.3, -0.25) is 4.99 Å². The highest BCUT2D eigenvalue weighted by Gasteiger charge is 2.21. The van der Waals surface area contributed by atoms with E-state index in [1.54, 1.807) is 0 Å². The fourth-order valence-electron chi connectivity index (χ4n) is 3.51. The van der Waals surface area contributed by atoms with E-state index in [0.29, 0.717) is 12.5 Å². The summed E-state index contributed by atoms with van der Waals surface area (Å²) in [5, 5.41) is 17.2. The van der Waals surface area contributed by atoms with E-state index in [1.807, 2.05) is 38.1 Å². The van der Waals surface area contributed by atoms with E-state index in [2.05, 4.69) is 34.4 Å². The second kappa shape index (κ2) is 11.9. The van der Waals surface area contributed by atoms with Crippen molar-refractivity contribution in [1.29, 1.82) is 0 Å². The number of aliphatic imine (C=N–C) groups is 1. The quantitative estimate of drug-likeness (QED) is 0.423. The highest BCUT2D eigenvalue weighted by molar-refractivity contribution is 5.79. The molecule has 2 rings (SSSR count). The molecule has 1 aliphatic heterocycles. The molecular formula is C22H38N4O2. The number of rotatable bonds is 10. The maximum absolute atomic E-state index is 10.5. The Bertz CT molecular complexity index is 589. The maximum Gasteiger partial charge on any atom is 0.191 e. The van der Waals surface area contributed by atoms with Crippen LogP contribution in [0.2, 0.25) is 0 Å². The van der Waals surface area contributed by atoms with Gasteiger partial charge in [0.2, 0.25) is 0 Å². The molecule has 0 saturated carbocycles. The summed E-state index contributed by atoms with van der Waals surface area (Å²) in [6.07, 6.45) is 1.96. The van der Waals surface area contributed by atoms with Gasteiger partial charge in [-0.25, -0.2) is 0 Å². The molecular weight excluding hydrogens is 352 g/mol. The van der Waals surface area contributed by atoms with Crippen molar-refractivity contribution in [3.8, 4) is 5.75 Å². The molecule has 2 unspecified atom stereocenters. The van der Waals surface area contributed by atoms with E-state index in [-0.39, 0.29) is 6.10 Å². The zero-order valence-corrected chi connectivity index (χ0v) is 17.9. The van der Waals surface area contributed by atoms with Crippen LogP contribution in [-0.4, -0.2) is 61.3 Å².